The molecule has 17 heavy (non-hydrogen) atoms. The molecule has 1 heteroatoms. The van der Waals surface area contributed by atoms with E-state index in [0.29, 0.717) is 11.5 Å². The van der Waals surface area contributed by atoms with Crippen molar-refractivity contribution < 1.29 is 0 Å². The minimum Gasteiger partial charge on any atom is -0.328 e. The zero-order valence-electron chi connectivity index (χ0n) is 11.5. The number of unbranched alkanes of at least 4 members (excludes halogenated alkanes) is 1. The molecular formula is C16H29N. The molecule has 0 saturated heterocycles. The lowest BCUT2D eigenvalue weighted by atomic mass is 9.48. The molecule has 0 spiro atoms. The Labute approximate surface area is 107 Å². The van der Waals surface area contributed by atoms with Crippen LogP contribution in [0.4, 0.5) is 0 Å². The predicted octanol–water partition coefficient (Wildman–Crippen LogP) is 4.11. The summed E-state index contributed by atoms with van der Waals surface area (Å²) in [6.07, 6.45) is 14.5. The summed E-state index contributed by atoms with van der Waals surface area (Å²) >= 11 is 0. The average molecular weight is 235 g/mol. The molecule has 4 bridgehead atoms. The van der Waals surface area contributed by atoms with Crippen molar-refractivity contribution in [1.82, 2.24) is 0 Å². The molecule has 2 N–H and O–H groups in total. The molecular weight excluding hydrogens is 206 g/mol. The smallest absolute Gasteiger partial charge is 0.00441 e. The van der Waals surface area contributed by atoms with Crippen molar-refractivity contribution in [2.24, 2.45) is 28.9 Å². The quantitative estimate of drug-likeness (QED) is 0.762. The highest BCUT2D eigenvalue weighted by Crippen LogP contribution is 2.61. The van der Waals surface area contributed by atoms with Crippen LogP contribution in [0.15, 0.2) is 0 Å². The van der Waals surface area contributed by atoms with Gasteiger partial charge in [-0.2, -0.15) is 0 Å². The maximum Gasteiger partial charge on any atom is 0.00441 e. The van der Waals surface area contributed by atoms with Gasteiger partial charge in [-0.1, -0.05) is 19.8 Å². The predicted molar refractivity (Wildman–Crippen MR) is 72.7 cm³/mol. The highest BCUT2D eigenvalue weighted by molar-refractivity contribution is 5.02. The summed E-state index contributed by atoms with van der Waals surface area (Å²) in [6.45, 7) is 2.28. The van der Waals surface area contributed by atoms with Crippen molar-refractivity contribution in [3.8, 4) is 0 Å². The Balaban J connectivity index is 1.62. The molecule has 0 aromatic carbocycles. The summed E-state index contributed by atoms with van der Waals surface area (Å²) in [7, 11) is 0. The molecule has 98 valence electrons. The fraction of sp³-hybridized carbons (Fsp3) is 1.00. The van der Waals surface area contributed by atoms with Crippen LogP contribution in [0.1, 0.15) is 71.1 Å². The largest absolute Gasteiger partial charge is 0.328 e. The summed E-state index contributed by atoms with van der Waals surface area (Å²) in [5.41, 5.74) is 7.08. The minimum absolute atomic E-state index is 0.492. The zero-order chi connectivity index (χ0) is 11.9. The number of hydrogen-bond donors (Lipinski definition) is 1. The van der Waals surface area contributed by atoms with E-state index in [4.69, 9.17) is 5.73 Å². The first-order valence-corrected chi connectivity index (χ1v) is 7.95. The first-order chi connectivity index (χ1) is 8.19. The molecule has 4 aliphatic carbocycles. The molecule has 0 aliphatic heterocycles. The molecule has 4 saturated carbocycles. The molecule has 4 fully saturated rings. The maximum absolute atomic E-state index is 6.38. The molecule has 0 radical (unpaired) electrons. The Bertz CT molecular complexity index is 235. The van der Waals surface area contributed by atoms with Crippen molar-refractivity contribution in [3.63, 3.8) is 0 Å². The monoisotopic (exact) mass is 235 g/mol. The average Bonchev–Trinajstić information content (AvgIpc) is 2.23. The van der Waals surface area contributed by atoms with Crippen LogP contribution in [0.3, 0.4) is 0 Å². The first-order valence-electron chi connectivity index (χ1n) is 7.95. The van der Waals surface area contributed by atoms with Crippen molar-refractivity contribution in [3.05, 3.63) is 0 Å². The number of nitrogens with two attached hydrogens (primary N) is 1. The normalized spacial score (nSPS) is 45.2. The van der Waals surface area contributed by atoms with E-state index < -0.39 is 0 Å². The van der Waals surface area contributed by atoms with Gasteiger partial charge >= 0.3 is 0 Å². The summed E-state index contributed by atoms with van der Waals surface area (Å²) in [5, 5.41) is 0. The standard InChI is InChI=1S/C16H29N/c1-2-3-4-15(17)11-16-8-12-5-13(9-16)7-14(6-12)10-16/h12-15H,2-11,17H2,1H3. The van der Waals surface area contributed by atoms with Crippen LogP contribution >= 0.6 is 0 Å². The summed E-state index contributed by atoms with van der Waals surface area (Å²) in [5.74, 6) is 3.25. The van der Waals surface area contributed by atoms with Crippen LogP contribution in [-0.4, -0.2) is 6.04 Å². The van der Waals surface area contributed by atoms with E-state index in [2.05, 4.69) is 6.92 Å². The SMILES string of the molecule is CCCCC(N)CC12CC3CC(CC(C3)C1)C2. The highest BCUT2D eigenvalue weighted by Gasteiger charge is 2.50. The van der Waals surface area contributed by atoms with Gasteiger partial charge < -0.3 is 5.73 Å². The van der Waals surface area contributed by atoms with E-state index in [0.717, 1.165) is 17.8 Å². The van der Waals surface area contributed by atoms with Gasteiger partial charge in [0.1, 0.15) is 0 Å². The second kappa shape index (κ2) is 4.57. The number of rotatable bonds is 5. The van der Waals surface area contributed by atoms with Gasteiger partial charge in [-0.05, 0) is 74.5 Å². The first kappa shape index (κ1) is 12.0. The van der Waals surface area contributed by atoms with Crippen LogP contribution in [0.2, 0.25) is 0 Å². The van der Waals surface area contributed by atoms with Gasteiger partial charge in [0.25, 0.3) is 0 Å². The van der Waals surface area contributed by atoms with E-state index in [1.54, 1.807) is 19.3 Å². The van der Waals surface area contributed by atoms with Gasteiger partial charge in [0.05, 0.1) is 0 Å². The van der Waals surface area contributed by atoms with Crippen LogP contribution < -0.4 is 5.73 Å². The van der Waals surface area contributed by atoms with Gasteiger partial charge in [-0.3, -0.25) is 0 Å². The zero-order valence-corrected chi connectivity index (χ0v) is 11.5. The van der Waals surface area contributed by atoms with Crippen molar-refractivity contribution in [2.75, 3.05) is 0 Å². The molecule has 0 aromatic heterocycles. The Hall–Kier alpha value is -0.0400. The van der Waals surface area contributed by atoms with Crippen LogP contribution in [0, 0.1) is 23.2 Å². The second-order valence-electron chi connectivity index (χ2n) is 7.52. The third-order valence-electron chi connectivity index (χ3n) is 5.79. The lowest BCUT2D eigenvalue weighted by Gasteiger charge is -2.57. The molecule has 4 rings (SSSR count). The summed E-state index contributed by atoms with van der Waals surface area (Å²) in [4.78, 5) is 0. The Kier molecular flexibility index (Phi) is 3.23. The van der Waals surface area contributed by atoms with Gasteiger partial charge in [0, 0.05) is 6.04 Å². The summed E-state index contributed by atoms with van der Waals surface area (Å²) in [6, 6.07) is 0.492. The fourth-order valence-electron chi connectivity index (χ4n) is 5.66. The van der Waals surface area contributed by atoms with E-state index in [-0.39, 0.29) is 0 Å². The van der Waals surface area contributed by atoms with E-state index >= 15 is 0 Å². The molecule has 0 amide bonds. The third-order valence-corrected chi connectivity index (χ3v) is 5.79. The Morgan fingerprint density at radius 2 is 1.59 bits per heavy atom. The molecule has 0 aromatic rings. The topological polar surface area (TPSA) is 26.0 Å². The van der Waals surface area contributed by atoms with Crippen LogP contribution in [0.25, 0.3) is 0 Å². The lowest BCUT2D eigenvalue weighted by molar-refractivity contribution is -0.0606. The molecule has 1 nitrogen and oxygen atoms in total. The van der Waals surface area contributed by atoms with E-state index in [1.165, 1.54) is 44.9 Å². The minimum atomic E-state index is 0.492. The number of hydrogen-bond acceptors (Lipinski definition) is 1. The Morgan fingerprint density at radius 3 is 2.06 bits per heavy atom. The maximum atomic E-state index is 6.38. The third kappa shape index (κ3) is 2.41. The Morgan fingerprint density at radius 1 is 1.06 bits per heavy atom. The van der Waals surface area contributed by atoms with E-state index in [1.807, 2.05) is 0 Å². The molecule has 1 unspecified atom stereocenters. The van der Waals surface area contributed by atoms with Gasteiger partial charge in [0.15, 0.2) is 0 Å². The van der Waals surface area contributed by atoms with Crippen LogP contribution in [0.5, 0.6) is 0 Å². The van der Waals surface area contributed by atoms with Gasteiger partial charge in [-0.25, -0.2) is 0 Å². The fourth-order valence-corrected chi connectivity index (χ4v) is 5.66. The molecule has 1 atom stereocenters. The van der Waals surface area contributed by atoms with Gasteiger partial charge in [-0.15, -0.1) is 0 Å². The van der Waals surface area contributed by atoms with Crippen molar-refractivity contribution >= 4 is 0 Å². The molecule has 0 heterocycles. The highest BCUT2D eigenvalue weighted by atomic mass is 14.7. The van der Waals surface area contributed by atoms with E-state index in [9.17, 15) is 0 Å². The van der Waals surface area contributed by atoms with Gasteiger partial charge in [0.2, 0.25) is 0 Å². The van der Waals surface area contributed by atoms with Crippen molar-refractivity contribution in [2.45, 2.75) is 77.2 Å². The lowest BCUT2D eigenvalue weighted by Crippen LogP contribution is -2.48. The molecule has 4 aliphatic rings. The van der Waals surface area contributed by atoms with Crippen LogP contribution in [-0.2, 0) is 0 Å². The van der Waals surface area contributed by atoms with Crippen molar-refractivity contribution in [1.29, 1.82) is 0 Å². The second-order valence-corrected chi connectivity index (χ2v) is 7.52. The summed E-state index contributed by atoms with van der Waals surface area (Å²) < 4.78 is 0.